The molecule has 0 fully saturated rings. The van der Waals surface area contributed by atoms with E-state index >= 15 is 0 Å². The fourth-order valence-electron chi connectivity index (χ4n) is 6.09. The topological polar surface area (TPSA) is 145 Å². The van der Waals surface area contributed by atoms with E-state index in [1.807, 2.05) is 91.0 Å². The monoisotopic (exact) mass is 771 g/mol. The molecule has 0 aromatic heterocycles. The number of nitrogens with zero attached hydrogens (tertiary/aromatic N) is 1. The number of nitrogens with two attached hydrogens (primary N) is 1. The molecule has 56 heavy (non-hydrogen) atoms. The predicted molar refractivity (Wildman–Crippen MR) is 220 cm³/mol. The standard InChI is InChI=1S/C45H45N3O7S/c1-44(2,3)55-43(53)48(35-25-26-38(47-39(49)27-28-40(50)54-4)36(29-35)41(51)31-17-9-5-10-18-31)42(52)37(46)30-56-45(32-19-11-6-12-20-32,33-21-13-7-14-22-33)34-23-15-8-16-24-34/h5-26,29,37H,27-28,30,46H2,1-4H3,(H,47,49)/t37-/m0/s1. The Labute approximate surface area is 331 Å². The number of anilines is 2. The summed E-state index contributed by atoms with van der Waals surface area (Å²) in [4.78, 5) is 68.0. The van der Waals surface area contributed by atoms with Crippen LogP contribution < -0.4 is 16.0 Å². The highest BCUT2D eigenvalue weighted by atomic mass is 32.2. The lowest BCUT2D eigenvalue weighted by Gasteiger charge is -2.36. The maximum atomic E-state index is 14.6. The molecule has 0 aliphatic carbocycles. The maximum Gasteiger partial charge on any atom is 0.421 e. The average Bonchev–Trinajstić information content (AvgIpc) is 3.21. The van der Waals surface area contributed by atoms with Gasteiger partial charge in [0.15, 0.2) is 5.78 Å². The molecule has 5 aromatic carbocycles. The van der Waals surface area contributed by atoms with E-state index in [4.69, 9.17) is 10.5 Å². The van der Waals surface area contributed by atoms with Gasteiger partial charge in [0.05, 0.1) is 35.7 Å². The highest BCUT2D eigenvalue weighted by Gasteiger charge is 2.40. The van der Waals surface area contributed by atoms with Crippen molar-refractivity contribution in [3.63, 3.8) is 0 Å². The van der Waals surface area contributed by atoms with Crippen LogP contribution >= 0.6 is 11.8 Å². The van der Waals surface area contributed by atoms with Gasteiger partial charge in [0, 0.05) is 23.3 Å². The van der Waals surface area contributed by atoms with Crippen molar-refractivity contribution in [1.29, 1.82) is 0 Å². The number of ketones is 1. The van der Waals surface area contributed by atoms with Gasteiger partial charge in [0.25, 0.3) is 5.91 Å². The van der Waals surface area contributed by atoms with Gasteiger partial charge < -0.3 is 20.5 Å². The lowest BCUT2D eigenvalue weighted by molar-refractivity contribution is -0.141. The molecule has 0 spiro atoms. The van der Waals surface area contributed by atoms with Gasteiger partial charge in [-0.2, -0.15) is 0 Å². The van der Waals surface area contributed by atoms with Crippen LogP contribution in [0.4, 0.5) is 16.2 Å². The van der Waals surface area contributed by atoms with Gasteiger partial charge in [-0.1, -0.05) is 121 Å². The fourth-order valence-corrected chi connectivity index (χ4v) is 7.57. The maximum absolute atomic E-state index is 14.6. The molecule has 1 atom stereocenters. The lowest BCUT2D eigenvalue weighted by atomic mass is 9.84. The van der Waals surface area contributed by atoms with Gasteiger partial charge in [-0.25, -0.2) is 9.69 Å². The highest BCUT2D eigenvalue weighted by molar-refractivity contribution is 8.00. The van der Waals surface area contributed by atoms with Crippen molar-refractivity contribution in [2.75, 3.05) is 23.1 Å². The van der Waals surface area contributed by atoms with Crippen LogP contribution in [0.3, 0.4) is 0 Å². The SMILES string of the molecule is COC(=O)CCC(=O)Nc1ccc(N(C(=O)OC(C)(C)C)C(=O)[C@@H](N)CSC(c2ccccc2)(c2ccccc2)c2ccccc2)cc1C(=O)c1ccccc1. The molecule has 5 rings (SSSR count). The van der Waals surface area contributed by atoms with Crippen LogP contribution in [0, 0.1) is 0 Å². The average molecular weight is 772 g/mol. The summed E-state index contributed by atoms with van der Waals surface area (Å²) < 4.78 is 9.59. The zero-order valence-electron chi connectivity index (χ0n) is 31.8. The van der Waals surface area contributed by atoms with Gasteiger partial charge >= 0.3 is 12.1 Å². The number of hydrogen-bond acceptors (Lipinski definition) is 9. The second-order valence-electron chi connectivity index (χ2n) is 13.9. The second-order valence-corrected chi connectivity index (χ2v) is 15.1. The van der Waals surface area contributed by atoms with E-state index in [1.165, 1.54) is 37.1 Å². The van der Waals surface area contributed by atoms with Gasteiger partial charge in [0.2, 0.25) is 5.91 Å². The first-order valence-electron chi connectivity index (χ1n) is 18.1. The number of ether oxygens (including phenoxy) is 2. The minimum atomic E-state index is -1.23. The molecule has 0 heterocycles. The van der Waals surface area contributed by atoms with E-state index in [2.05, 4.69) is 10.1 Å². The van der Waals surface area contributed by atoms with Crippen molar-refractivity contribution in [3.8, 4) is 0 Å². The van der Waals surface area contributed by atoms with E-state index in [9.17, 15) is 24.0 Å². The summed E-state index contributed by atoms with van der Waals surface area (Å²) in [6.07, 6.45) is -1.35. The normalized spacial score (nSPS) is 11.9. The Morgan fingerprint density at radius 2 is 1.21 bits per heavy atom. The number of rotatable bonds is 14. The summed E-state index contributed by atoms with van der Waals surface area (Å²) in [6, 6.07) is 41.2. The highest BCUT2D eigenvalue weighted by Crippen LogP contribution is 2.48. The van der Waals surface area contributed by atoms with Crippen molar-refractivity contribution in [2.24, 2.45) is 5.73 Å². The summed E-state index contributed by atoms with van der Waals surface area (Å²) in [7, 11) is 1.23. The third kappa shape index (κ3) is 9.98. The van der Waals surface area contributed by atoms with Gasteiger partial charge in [-0.15, -0.1) is 11.8 Å². The number of hydrogen-bond donors (Lipinski definition) is 2. The molecule has 0 saturated carbocycles. The first kappa shape index (κ1) is 41.1. The van der Waals surface area contributed by atoms with Crippen molar-refractivity contribution in [1.82, 2.24) is 0 Å². The molecule has 11 heteroatoms. The molecule has 0 radical (unpaired) electrons. The Morgan fingerprint density at radius 1 is 0.714 bits per heavy atom. The molecular weight excluding hydrogens is 727 g/mol. The van der Waals surface area contributed by atoms with Crippen LogP contribution in [0.5, 0.6) is 0 Å². The first-order valence-corrected chi connectivity index (χ1v) is 19.1. The number of thioether (sulfide) groups is 1. The quantitative estimate of drug-likeness (QED) is 0.0650. The van der Waals surface area contributed by atoms with Gasteiger partial charge in [-0.3, -0.25) is 19.2 Å². The molecule has 0 aliphatic rings. The molecular formula is C45H45N3O7S. The van der Waals surface area contributed by atoms with Crippen LogP contribution in [0.15, 0.2) is 140 Å². The molecule has 10 nitrogen and oxygen atoms in total. The van der Waals surface area contributed by atoms with E-state index in [0.29, 0.717) is 5.56 Å². The number of esters is 1. The number of carbonyl (C=O) groups excluding carboxylic acids is 5. The van der Waals surface area contributed by atoms with E-state index < -0.39 is 46.1 Å². The second kappa shape index (κ2) is 18.5. The fraction of sp³-hybridized carbons (Fsp3) is 0.222. The van der Waals surface area contributed by atoms with Crippen molar-refractivity contribution in [3.05, 3.63) is 167 Å². The summed E-state index contributed by atoms with van der Waals surface area (Å²) >= 11 is 1.47. The Hall–Kier alpha value is -6.04. The Kier molecular flexibility index (Phi) is 13.6. The summed E-state index contributed by atoms with van der Waals surface area (Å²) in [6.45, 7) is 5.03. The molecule has 0 bridgehead atoms. The number of imide groups is 1. The van der Waals surface area contributed by atoms with Gasteiger partial charge in [0.1, 0.15) is 5.60 Å². The van der Waals surface area contributed by atoms with Gasteiger partial charge in [-0.05, 0) is 55.7 Å². The van der Waals surface area contributed by atoms with Crippen molar-refractivity contribution < 1.29 is 33.4 Å². The third-order valence-electron chi connectivity index (χ3n) is 8.73. The first-order chi connectivity index (χ1) is 26.8. The van der Waals surface area contributed by atoms with Crippen LogP contribution in [-0.4, -0.2) is 54.2 Å². The Morgan fingerprint density at radius 3 is 1.70 bits per heavy atom. The zero-order chi connectivity index (χ0) is 40.3. The lowest BCUT2D eigenvalue weighted by Crippen LogP contribution is -2.50. The predicted octanol–water partition coefficient (Wildman–Crippen LogP) is 8.13. The molecule has 5 aromatic rings. The van der Waals surface area contributed by atoms with Crippen LogP contribution in [0.25, 0.3) is 0 Å². The smallest absolute Gasteiger partial charge is 0.421 e. The minimum absolute atomic E-state index is 0.000623. The molecule has 0 unspecified atom stereocenters. The molecule has 0 aliphatic heterocycles. The Bertz CT molecular complexity index is 2040. The van der Waals surface area contributed by atoms with Crippen LogP contribution in [-0.2, 0) is 28.6 Å². The minimum Gasteiger partial charge on any atom is -0.469 e. The molecule has 3 N–H and O–H groups in total. The number of carbonyl (C=O) groups is 5. The summed E-state index contributed by atoms with van der Waals surface area (Å²) in [5.74, 6) is -2.27. The molecule has 288 valence electrons. The zero-order valence-corrected chi connectivity index (χ0v) is 32.6. The number of methoxy groups -OCH3 is 1. The van der Waals surface area contributed by atoms with E-state index in [1.54, 1.807) is 51.1 Å². The third-order valence-corrected chi connectivity index (χ3v) is 10.4. The summed E-state index contributed by atoms with van der Waals surface area (Å²) in [5.41, 5.74) is 9.13. The van der Waals surface area contributed by atoms with Crippen molar-refractivity contribution >= 4 is 52.8 Å². The van der Waals surface area contributed by atoms with E-state index in [0.717, 1.165) is 21.6 Å². The molecule has 3 amide bonds. The number of benzene rings is 5. The van der Waals surface area contributed by atoms with Crippen molar-refractivity contribution in [2.45, 2.75) is 50.0 Å². The van der Waals surface area contributed by atoms with Crippen LogP contribution in [0.2, 0.25) is 0 Å². The van der Waals surface area contributed by atoms with Crippen LogP contribution in [0.1, 0.15) is 66.2 Å². The molecule has 0 saturated heterocycles. The number of nitrogens with one attached hydrogen (secondary N) is 1. The largest absolute Gasteiger partial charge is 0.469 e. The number of amides is 3. The van der Waals surface area contributed by atoms with E-state index in [-0.39, 0.29) is 35.5 Å². The summed E-state index contributed by atoms with van der Waals surface area (Å²) in [5, 5.41) is 2.69. The Balaban J connectivity index is 1.55.